The first-order chi connectivity index (χ1) is 15.1. The van der Waals surface area contributed by atoms with Crippen molar-refractivity contribution in [3.05, 3.63) is 59.7 Å². The standard InChI is InChI=1S/C25H30N4O2.2ClH/c30-23(16-19-7-5-18(6-8-19)15-20-9-12-26-17-20)29-13-10-25(11-14-29)24(31)27-21-3-1-2-4-22(21)28-25;;/h1-8,20,26,28H,9-17H2,(H,27,31);2*1H. The summed E-state index contributed by atoms with van der Waals surface area (Å²) in [6, 6.07) is 16.3. The maximum Gasteiger partial charge on any atom is 0.250 e. The average molecular weight is 491 g/mol. The van der Waals surface area contributed by atoms with Gasteiger partial charge in [0.2, 0.25) is 11.8 Å². The number of nitrogens with one attached hydrogen (secondary N) is 3. The molecule has 3 N–H and O–H groups in total. The molecule has 2 aromatic rings. The minimum absolute atomic E-state index is 0. The SMILES string of the molecule is Cl.Cl.O=C(Cc1ccc(CC2CCNC2)cc1)N1CCC2(CC1)Nc1ccccc1NC2=O. The van der Waals surface area contributed by atoms with Gasteiger partial charge in [-0.05, 0) is 68.0 Å². The Labute approximate surface area is 207 Å². The number of likely N-dealkylation sites (tertiary alicyclic amines) is 1. The second-order valence-corrected chi connectivity index (χ2v) is 9.14. The van der Waals surface area contributed by atoms with Gasteiger partial charge in [-0.2, -0.15) is 0 Å². The number of halogens is 2. The highest BCUT2D eigenvalue weighted by molar-refractivity contribution is 6.06. The summed E-state index contributed by atoms with van der Waals surface area (Å²) in [5.74, 6) is 0.872. The predicted octanol–water partition coefficient (Wildman–Crippen LogP) is 3.65. The first-order valence-corrected chi connectivity index (χ1v) is 11.4. The molecule has 0 bridgehead atoms. The molecule has 0 radical (unpaired) electrons. The molecular formula is C25H32Cl2N4O2. The molecule has 6 nitrogen and oxygen atoms in total. The van der Waals surface area contributed by atoms with Gasteiger partial charge in [-0.25, -0.2) is 0 Å². The topological polar surface area (TPSA) is 73.5 Å². The van der Waals surface area contributed by atoms with Crippen LogP contribution < -0.4 is 16.0 Å². The second-order valence-electron chi connectivity index (χ2n) is 9.14. The first kappa shape index (κ1) is 25.3. The third kappa shape index (κ3) is 5.45. The normalized spacial score (nSPS) is 20.7. The lowest BCUT2D eigenvalue weighted by Gasteiger charge is -2.44. The Kier molecular flexibility index (Phi) is 8.27. The molecule has 3 heterocycles. The maximum atomic E-state index is 12.9. The van der Waals surface area contributed by atoms with Crippen LogP contribution in [0.3, 0.4) is 0 Å². The van der Waals surface area contributed by atoms with Crippen molar-refractivity contribution in [2.24, 2.45) is 5.92 Å². The fraction of sp³-hybridized carbons (Fsp3) is 0.440. The van der Waals surface area contributed by atoms with Gasteiger partial charge >= 0.3 is 0 Å². The van der Waals surface area contributed by atoms with Crippen LogP contribution in [0.5, 0.6) is 0 Å². The van der Waals surface area contributed by atoms with Crippen molar-refractivity contribution in [1.82, 2.24) is 10.2 Å². The van der Waals surface area contributed by atoms with Crippen LogP contribution in [0.2, 0.25) is 0 Å². The van der Waals surface area contributed by atoms with E-state index in [1.165, 1.54) is 12.0 Å². The first-order valence-electron chi connectivity index (χ1n) is 11.4. The summed E-state index contributed by atoms with van der Waals surface area (Å²) in [5.41, 5.74) is 3.56. The molecule has 1 spiro atoms. The second kappa shape index (κ2) is 10.8. The van der Waals surface area contributed by atoms with Crippen LogP contribution in [0.1, 0.15) is 30.4 Å². The third-order valence-electron chi connectivity index (χ3n) is 7.02. The van der Waals surface area contributed by atoms with Crippen LogP contribution in [0.4, 0.5) is 11.4 Å². The molecule has 178 valence electrons. The van der Waals surface area contributed by atoms with Crippen molar-refractivity contribution in [2.45, 2.75) is 37.6 Å². The summed E-state index contributed by atoms with van der Waals surface area (Å²) < 4.78 is 0. The number of anilines is 2. The van der Waals surface area contributed by atoms with Crippen LogP contribution in [-0.2, 0) is 22.4 Å². The lowest BCUT2D eigenvalue weighted by Crippen LogP contribution is -2.59. The zero-order chi connectivity index (χ0) is 21.3. The molecule has 5 rings (SSSR count). The molecule has 3 aliphatic heterocycles. The van der Waals surface area contributed by atoms with E-state index >= 15 is 0 Å². The number of hydrogen-bond donors (Lipinski definition) is 3. The Balaban J connectivity index is 0.00000153. The molecule has 2 saturated heterocycles. The molecule has 2 amide bonds. The van der Waals surface area contributed by atoms with Gasteiger partial charge in [0.25, 0.3) is 0 Å². The predicted molar refractivity (Wildman–Crippen MR) is 137 cm³/mol. The van der Waals surface area contributed by atoms with Crippen molar-refractivity contribution in [3.63, 3.8) is 0 Å². The molecule has 0 saturated carbocycles. The van der Waals surface area contributed by atoms with E-state index in [4.69, 9.17) is 0 Å². The fourth-order valence-corrected chi connectivity index (χ4v) is 5.05. The molecule has 2 fully saturated rings. The fourth-order valence-electron chi connectivity index (χ4n) is 5.05. The average Bonchev–Trinajstić information content (AvgIpc) is 3.29. The van der Waals surface area contributed by atoms with Gasteiger partial charge in [-0.3, -0.25) is 9.59 Å². The molecule has 33 heavy (non-hydrogen) atoms. The number of amides is 2. The Morgan fingerprint density at radius 1 is 0.970 bits per heavy atom. The summed E-state index contributed by atoms with van der Waals surface area (Å²) >= 11 is 0. The molecule has 0 aliphatic carbocycles. The van der Waals surface area contributed by atoms with Gasteiger partial charge in [-0.15, -0.1) is 24.8 Å². The minimum atomic E-state index is -0.623. The van der Waals surface area contributed by atoms with Crippen molar-refractivity contribution < 1.29 is 9.59 Å². The molecule has 3 aliphatic rings. The largest absolute Gasteiger partial charge is 0.369 e. The highest BCUT2D eigenvalue weighted by atomic mass is 35.5. The molecule has 2 aromatic carbocycles. The highest BCUT2D eigenvalue weighted by Crippen LogP contribution is 2.36. The Morgan fingerprint density at radius 3 is 2.30 bits per heavy atom. The number of carbonyl (C=O) groups excluding carboxylic acids is 2. The summed E-state index contributed by atoms with van der Waals surface area (Å²) in [4.78, 5) is 27.6. The Hall–Kier alpha value is -2.28. The van der Waals surface area contributed by atoms with Crippen LogP contribution in [0, 0.1) is 5.92 Å². The van der Waals surface area contributed by atoms with E-state index in [0.717, 1.165) is 42.4 Å². The van der Waals surface area contributed by atoms with Crippen molar-refractivity contribution >= 4 is 48.0 Å². The summed E-state index contributed by atoms with van der Waals surface area (Å²) in [5, 5.41) is 9.89. The van der Waals surface area contributed by atoms with Gasteiger partial charge in [0.15, 0.2) is 0 Å². The van der Waals surface area contributed by atoms with E-state index in [-0.39, 0.29) is 36.6 Å². The van der Waals surface area contributed by atoms with Gasteiger partial charge in [0, 0.05) is 13.1 Å². The van der Waals surface area contributed by atoms with Crippen molar-refractivity contribution in [3.8, 4) is 0 Å². The van der Waals surface area contributed by atoms with Gasteiger partial charge < -0.3 is 20.9 Å². The number of benzene rings is 2. The minimum Gasteiger partial charge on any atom is -0.369 e. The summed E-state index contributed by atoms with van der Waals surface area (Å²) in [7, 11) is 0. The monoisotopic (exact) mass is 490 g/mol. The zero-order valence-corrected chi connectivity index (χ0v) is 20.3. The highest BCUT2D eigenvalue weighted by Gasteiger charge is 2.44. The van der Waals surface area contributed by atoms with E-state index in [9.17, 15) is 9.59 Å². The van der Waals surface area contributed by atoms with Crippen molar-refractivity contribution in [2.75, 3.05) is 36.8 Å². The van der Waals surface area contributed by atoms with E-state index in [1.54, 1.807) is 0 Å². The Morgan fingerprint density at radius 2 is 1.64 bits per heavy atom. The van der Waals surface area contributed by atoms with Gasteiger partial charge in [-0.1, -0.05) is 36.4 Å². The van der Waals surface area contributed by atoms with E-state index in [2.05, 4.69) is 40.2 Å². The lowest BCUT2D eigenvalue weighted by molar-refractivity contribution is -0.134. The molecular weight excluding hydrogens is 459 g/mol. The quantitative estimate of drug-likeness (QED) is 0.611. The third-order valence-corrected chi connectivity index (χ3v) is 7.02. The summed E-state index contributed by atoms with van der Waals surface area (Å²) in [6.45, 7) is 3.41. The lowest BCUT2D eigenvalue weighted by atomic mass is 9.84. The van der Waals surface area contributed by atoms with Gasteiger partial charge in [0.1, 0.15) is 5.54 Å². The number of para-hydroxylation sites is 2. The number of hydrogen-bond acceptors (Lipinski definition) is 4. The smallest absolute Gasteiger partial charge is 0.250 e. The van der Waals surface area contributed by atoms with Gasteiger partial charge in [0.05, 0.1) is 17.8 Å². The Bertz CT molecular complexity index is 969. The number of piperidine rings is 1. The van der Waals surface area contributed by atoms with Crippen LogP contribution in [0.25, 0.3) is 0 Å². The van der Waals surface area contributed by atoms with Crippen LogP contribution in [-0.4, -0.2) is 48.4 Å². The summed E-state index contributed by atoms with van der Waals surface area (Å²) in [6.07, 6.45) is 4.00. The number of rotatable bonds is 4. The van der Waals surface area contributed by atoms with Crippen LogP contribution in [0.15, 0.2) is 48.5 Å². The van der Waals surface area contributed by atoms with E-state index in [1.807, 2.05) is 29.2 Å². The zero-order valence-electron chi connectivity index (χ0n) is 18.6. The molecule has 1 unspecified atom stereocenters. The number of fused-ring (bicyclic) bond motifs is 1. The van der Waals surface area contributed by atoms with Crippen molar-refractivity contribution in [1.29, 1.82) is 0 Å². The van der Waals surface area contributed by atoms with E-state index < -0.39 is 5.54 Å². The number of nitrogens with zero attached hydrogens (tertiary/aromatic N) is 1. The molecule has 0 aromatic heterocycles. The maximum absolute atomic E-state index is 12.9. The number of carbonyl (C=O) groups is 2. The molecule has 1 atom stereocenters. The van der Waals surface area contributed by atoms with E-state index in [0.29, 0.717) is 32.4 Å². The van der Waals surface area contributed by atoms with Crippen LogP contribution >= 0.6 is 24.8 Å². The molecule has 8 heteroatoms.